The molecule has 114 valence electrons. The van der Waals surface area contributed by atoms with Gasteiger partial charge in [-0.15, -0.1) is 0 Å². The first-order valence-electron chi connectivity index (χ1n) is 6.94. The summed E-state index contributed by atoms with van der Waals surface area (Å²) in [5.41, 5.74) is 3.69. The van der Waals surface area contributed by atoms with Crippen molar-refractivity contribution in [1.82, 2.24) is 15.0 Å². The van der Waals surface area contributed by atoms with Crippen molar-refractivity contribution in [3.63, 3.8) is 0 Å². The van der Waals surface area contributed by atoms with Gasteiger partial charge < -0.3 is 10.2 Å². The smallest absolute Gasteiger partial charge is 0.243 e. The second kappa shape index (κ2) is 7.19. The van der Waals surface area contributed by atoms with E-state index in [4.69, 9.17) is 5.84 Å². The van der Waals surface area contributed by atoms with E-state index in [-0.39, 0.29) is 6.04 Å². The van der Waals surface area contributed by atoms with E-state index in [1.807, 2.05) is 4.90 Å². The third-order valence-electron chi connectivity index (χ3n) is 3.19. The Hall–Kier alpha value is -1.93. The maximum absolute atomic E-state index is 5.45. The van der Waals surface area contributed by atoms with Crippen LogP contribution in [0.2, 0.25) is 0 Å². The highest BCUT2D eigenvalue weighted by atomic mass is 32.1. The van der Waals surface area contributed by atoms with Crippen molar-refractivity contribution in [2.75, 3.05) is 28.7 Å². The Bertz CT molecular complexity index is 554. The first kappa shape index (κ1) is 15.5. The number of nitrogens with zero attached hydrogens (tertiary/aromatic N) is 4. The van der Waals surface area contributed by atoms with Crippen LogP contribution < -0.4 is 21.5 Å². The molecular weight excluding hydrogens is 286 g/mol. The fourth-order valence-corrected chi connectivity index (χ4v) is 2.69. The molecule has 0 bridgehead atoms. The van der Waals surface area contributed by atoms with Crippen LogP contribution >= 0.6 is 11.3 Å². The molecule has 0 saturated heterocycles. The summed E-state index contributed by atoms with van der Waals surface area (Å²) in [6.07, 6.45) is 0. The Kier molecular flexibility index (Phi) is 5.29. The molecule has 4 N–H and O–H groups in total. The number of hydrazine groups is 1. The Balaban J connectivity index is 2.24. The first-order valence-corrected chi connectivity index (χ1v) is 7.88. The molecule has 0 fully saturated rings. The Morgan fingerprint density at radius 2 is 1.95 bits per heavy atom. The molecule has 2 heterocycles. The summed E-state index contributed by atoms with van der Waals surface area (Å²) >= 11 is 1.67. The van der Waals surface area contributed by atoms with E-state index >= 15 is 0 Å². The van der Waals surface area contributed by atoms with Gasteiger partial charge in [0, 0.05) is 13.1 Å². The van der Waals surface area contributed by atoms with Gasteiger partial charge in [0.15, 0.2) is 0 Å². The van der Waals surface area contributed by atoms with E-state index in [9.17, 15) is 0 Å². The quantitative estimate of drug-likeness (QED) is 0.533. The Labute approximate surface area is 128 Å². The monoisotopic (exact) mass is 307 g/mol. The molecule has 0 aromatic carbocycles. The number of nitrogen functional groups attached to an aromatic ring is 1. The van der Waals surface area contributed by atoms with Crippen molar-refractivity contribution in [2.24, 2.45) is 5.84 Å². The number of anilines is 3. The lowest BCUT2D eigenvalue weighted by atomic mass is 10.2. The molecule has 21 heavy (non-hydrogen) atoms. The molecule has 0 aliphatic carbocycles. The maximum atomic E-state index is 5.45. The van der Waals surface area contributed by atoms with Crippen LogP contribution in [0, 0.1) is 0 Å². The highest BCUT2D eigenvalue weighted by Crippen LogP contribution is 2.21. The predicted molar refractivity (Wildman–Crippen MR) is 87.6 cm³/mol. The molecule has 1 atom stereocenters. The van der Waals surface area contributed by atoms with Gasteiger partial charge in [0.2, 0.25) is 17.8 Å². The van der Waals surface area contributed by atoms with E-state index in [1.54, 1.807) is 11.3 Å². The van der Waals surface area contributed by atoms with Crippen LogP contribution in [0.15, 0.2) is 16.8 Å². The molecule has 0 saturated carbocycles. The number of nitrogens with two attached hydrogens (primary N) is 1. The van der Waals surface area contributed by atoms with Gasteiger partial charge in [-0.05, 0) is 43.2 Å². The number of hydrogen-bond acceptors (Lipinski definition) is 8. The molecule has 7 nitrogen and oxygen atoms in total. The zero-order valence-corrected chi connectivity index (χ0v) is 13.3. The number of aromatic nitrogens is 3. The minimum atomic E-state index is 0.119. The normalized spacial score (nSPS) is 12.0. The summed E-state index contributed by atoms with van der Waals surface area (Å²) in [5, 5.41) is 7.44. The summed E-state index contributed by atoms with van der Waals surface area (Å²) in [7, 11) is 0. The molecule has 1 unspecified atom stereocenters. The molecule has 2 aromatic rings. The largest absolute Gasteiger partial charge is 0.347 e. The molecule has 0 amide bonds. The van der Waals surface area contributed by atoms with Crippen molar-refractivity contribution in [3.05, 3.63) is 22.4 Å². The van der Waals surface area contributed by atoms with Gasteiger partial charge >= 0.3 is 0 Å². The van der Waals surface area contributed by atoms with Gasteiger partial charge in [0.1, 0.15) is 0 Å². The SMILES string of the molecule is CCN(CC)c1nc(NN)nc(NC(C)c2ccsc2)n1. The second-order valence-electron chi connectivity index (χ2n) is 4.52. The zero-order valence-electron chi connectivity index (χ0n) is 12.5. The van der Waals surface area contributed by atoms with E-state index in [0.29, 0.717) is 17.8 Å². The van der Waals surface area contributed by atoms with Crippen LogP contribution in [0.1, 0.15) is 32.4 Å². The molecule has 0 radical (unpaired) electrons. The molecule has 0 spiro atoms. The summed E-state index contributed by atoms with van der Waals surface area (Å²) in [6, 6.07) is 2.20. The van der Waals surface area contributed by atoms with Crippen molar-refractivity contribution in [2.45, 2.75) is 26.8 Å². The molecule has 8 heteroatoms. The first-order chi connectivity index (χ1) is 10.2. The third-order valence-corrected chi connectivity index (χ3v) is 3.89. The topological polar surface area (TPSA) is 92.0 Å². The van der Waals surface area contributed by atoms with Crippen LogP contribution in [-0.2, 0) is 0 Å². The third kappa shape index (κ3) is 3.79. The second-order valence-corrected chi connectivity index (χ2v) is 5.30. The van der Waals surface area contributed by atoms with Crippen LogP contribution in [-0.4, -0.2) is 28.0 Å². The van der Waals surface area contributed by atoms with E-state index in [2.05, 4.69) is 63.3 Å². The summed E-state index contributed by atoms with van der Waals surface area (Å²) < 4.78 is 0. The standard InChI is InChI=1S/C13H21N7S/c1-4-20(5-2)13-17-11(16-12(18-13)19-14)15-9(3)10-6-7-21-8-10/h6-9H,4-5,14H2,1-3H3,(H2,15,16,17,18,19). The number of nitrogens with one attached hydrogen (secondary N) is 2. The van der Waals surface area contributed by atoms with Crippen LogP contribution in [0.4, 0.5) is 17.8 Å². The lowest BCUT2D eigenvalue weighted by molar-refractivity contribution is 0.801. The predicted octanol–water partition coefficient (Wildman–Crippen LogP) is 2.24. The van der Waals surface area contributed by atoms with Crippen LogP contribution in [0.5, 0.6) is 0 Å². The zero-order chi connectivity index (χ0) is 15.2. The lowest BCUT2D eigenvalue weighted by Crippen LogP contribution is -2.26. The molecule has 0 aliphatic heterocycles. The Morgan fingerprint density at radius 3 is 2.52 bits per heavy atom. The Morgan fingerprint density at radius 1 is 1.24 bits per heavy atom. The average molecular weight is 307 g/mol. The molecule has 2 rings (SSSR count). The van der Waals surface area contributed by atoms with Gasteiger partial charge in [-0.1, -0.05) is 0 Å². The van der Waals surface area contributed by atoms with Crippen molar-refractivity contribution in [1.29, 1.82) is 0 Å². The van der Waals surface area contributed by atoms with Crippen molar-refractivity contribution in [3.8, 4) is 0 Å². The maximum Gasteiger partial charge on any atom is 0.243 e. The summed E-state index contributed by atoms with van der Waals surface area (Å²) in [6.45, 7) is 7.83. The van der Waals surface area contributed by atoms with Crippen LogP contribution in [0.25, 0.3) is 0 Å². The van der Waals surface area contributed by atoms with Gasteiger partial charge in [-0.2, -0.15) is 26.3 Å². The number of hydrogen-bond donors (Lipinski definition) is 3. The van der Waals surface area contributed by atoms with E-state index < -0.39 is 0 Å². The highest BCUT2D eigenvalue weighted by molar-refractivity contribution is 7.07. The number of rotatable bonds is 7. The van der Waals surface area contributed by atoms with Crippen molar-refractivity contribution >= 4 is 29.2 Å². The van der Waals surface area contributed by atoms with E-state index in [1.165, 1.54) is 5.56 Å². The molecule has 0 aliphatic rings. The minimum absolute atomic E-state index is 0.119. The van der Waals surface area contributed by atoms with E-state index in [0.717, 1.165) is 13.1 Å². The fraction of sp³-hybridized carbons (Fsp3) is 0.462. The fourth-order valence-electron chi connectivity index (χ4n) is 1.94. The van der Waals surface area contributed by atoms with Gasteiger partial charge in [-0.3, -0.25) is 5.43 Å². The van der Waals surface area contributed by atoms with Crippen molar-refractivity contribution < 1.29 is 0 Å². The average Bonchev–Trinajstić information content (AvgIpc) is 3.02. The van der Waals surface area contributed by atoms with Gasteiger partial charge in [-0.25, -0.2) is 5.84 Å². The number of thiophene rings is 1. The van der Waals surface area contributed by atoms with Crippen LogP contribution in [0.3, 0.4) is 0 Å². The summed E-state index contributed by atoms with van der Waals surface area (Å²) in [4.78, 5) is 15.1. The van der Waals surface area contributed by atoms with Gasteiger partial charge in [0.25, 0.3) is 0 Å². The lowest BCUT2D eigenvalue weighted by Gasteiger charge is -2.20. The minimum Gasteiger partial charge on any atom is -0.347 e. The summed E-state index contributed by atoms with van der Waals surface area (Å²) in [5.74, 6) is 6.93. The molecular formula is C13H21N7S. The molecule has 2 aromatic heterocycles. The highest BCUT2D eigenvalue weighted by Gasteiger charge is 2.13. The van der Waals surface area contributed by atoms with Gasteiger partial charge in [0.05, 0.1) is 6.04 Å².